The van der Waals surface area contributed by atoms with Crippen molar-refractivity contribution in [2.45, 2.75) is 31.6 Å². The monoisotopic (exact) mass is 563 g/mol. The van der Waals surface area contributed by atoms with Gasteiger partial charge in [-0.2, -0.15) is 13.2 Å². The second-order valence-corrected chi connectivity index (χ2v) is 9.55. The van der Waals surface area contributed by atoms with Gasteiger partial charge in [0.25, 0.3) is 5.91 Å². The zero-order chi connectivity index (χ0) is 27.6. The summed E-state index contributed by atoms with van der Waals surface area (Å²) in [5.74, 6) is -1.93. The number of hydrogen-bond donors (Lipinski definition) is 2. The molecule has 0 spiro atoms. The minimum absolute atomic E-state index is 0.111. The summed E-state index contributed by atoms with van der Waals surface area (Å²) < 4.78 is 37.8. The molecule has 3 rings (SSSR count). The van der Waals surface area contributed by atoms with E-state index in [2.05, 4.69) is 35.3 Å². The maximum absolute atomic E-state index is 12.5. The van der Waals surface area contributed by atoms with Gasteiger partial charge < -0.3 is 20.1 Å². The van der Waals surface area contributed by atoms with Crippen LogP contribution in [-0.4, -0.2) is 79.3 Å². The number of para-hydroxylation sites is 1. The lowest BCUT2D eigenvalue weighted by atomic mass is 10.2. The molecule has 7 nitrogen and oxygen atoms in total. The fourth-order valence-corrected chi connectivity index (χ4v) is 3.88. The normalized spacial score (nSPS) is 15.7. The van der Waals surface area contributed by atoms with E-state index in [1.165, 1.54) is 5.56 Å². The van der Waals surface area contributed by atoms with Crippen molar-refractivity contribution in [2.24, 2.45) is 0 Å². The molecule has 1 heterocycles. The molecular formula is C25H30Cl2F3N3O4. The molecule has 2 aromatic carbocycles. The Balaban J connectivity index is 0.000000604. The van der Waals surface area contributed by atoms with Crippen LogP contribution in [0.3, 0.4) is 0 Å². The van der Waals surface area contributed by atoms with Crippen molar-refractivity contribution in [3.8, 4) is 5.75 Å². The minimum Gasteiger partial charge on any atom is -0.493 e. The molecule has 1 aliphatic rings. The van der Waals surface area contributed by atoms with Crippen molar-refractivity contribution in [3.63, 3.8) is 0 Å². The first kappa shape index (κ1) is 30.7. The summed E-state index contributed by atoms with van der Waals surface area (Å²) >= 11 is 12.0. The number of nitrogens with one attached hydrogen (secondary N) is 1. The van der Waals surface area contributed by atoms with Gasteiger partial charge in [-0.3, -0.25) is 9.69 Å². The van der Waals surface area contributed by atoms with E-state index in [0.717, 1.165) is 44.8 Å². The number of carbonyl (C=O) groups excluding carboxylic acids is 1. The second kappa shape index (κ2) is 14.4. The summed E-state index contributed by atoms with van der Waals surface area (Å²) in [7, 11) is 4.14. The van der Waals surface area contributed by atoms with Gasteiger partial charge in [-0.15, -0.1) is 0 Å². The van der Waals surface area contributed by atoms with Crippen LogP contribution in [0.5, 0.6) is 5.75 Å². The van der Waals surface area contributed by atoms with Crippen molar-refractivity contribution >= 4 is 35.1 Å². The largest absolute Gasteiger partial charge is 0.493 e. The highest BCUT2D eigenvalue weighted by Gasteiger charge is 2.38. The first-order valence-corrected chi connectivity index (χ1v) is 12.3. The Bertz CT molecular complexity index is 1050. The molecular weight excluding hydrogens is 534 g/mol. The zero-order valence-electron chi connectivity index (χ0n) is 20.5. The van der Waals surface area contributed by atoms with Gasteiger partial charge in [-0.1, -0.05) is 41.4 Å². The standard InChI is InChI=1S/C23H29Cl2N3O2.C2HF3O2/c1-27(2)11-5-13-30-22-7-4-3-6-18(22)15-28-12-10-19(16-28)26-23(29)17-8-9-20(24)21(25)14-17;3-2(4,5)1(6)7/h3-4,6-9,14,19H,5,10-13,15-16H2,1-2H3,(H,26,29);(H,6,7)/t19-;/m0./s1. The Kier molecular flexibility index (Phi) is 12.0. The maximum atomic E-state index is 12.5. The van der Waals surface area contributed by atoms with E-state index in [-0.39, 0.29) is 11.9 Å². The Labute approximate surface area is 224 Å². The number of carbonyl (C=O) groups is 2. The molecule has 1 fully saturated rings. The number of alkyl halides is 3. The Morgan fingerprint density at radius 1 is 1.16 bits per heavy atom. The quantitative estimate of drug-likeness (QED) is 0.419. The first-order chi connectivity index (χ1) is 17.4. The van der Waals surface area contributed by atoms with E-state index in [0.29, 0.717) is 22.2 Å². The number of aliphatic carboxylic acids is 1. The third kappa shape index (κ3) is 10.8. The van der Waals surface area contributed by atoms with Gasteiger partial charge in [0.05, 0.1) is 16.7 Å². The average Bonchev–Trinajstić information content (AvgIpc) is 3.25. The van der Waals surface area contributed by atoms with E-state index in [1.807, 2.05) is 18.2 Å². The molecule has 0 bridgehead atoms. The molecule has 2 aromatic rings. The van der Waals surface area contributed by atoms with Gasteiger partial charge in [0.2, 0.25) is 0 Å². The minimum atomic E-state index is -5.08. The highest BCUT2D eigenvalue weighted by Crippen LogP contribution is 2.24. The Morgan fingerprint density at radius 2 is 1.84 bits per heavy atom. The number of likely N-dealkylation sites (tertiary alicyclic amines) is 1. The number of benzene rings is 2. The molecule has 0 saturated carbocycles. The maximum Gasteiger partial charge on any atom is 0.490 e. The van der Waals surface area contributed by atoms with Crippen LogP contribution in [0.2, 0.25) is 10.0 Å². The molecule has 1 aliphatic heterocycles. The number of rotatable bonds is 9. The van der Waals surface area contributed by atoms with Crippen molar-refractivity contribution in [3.05, 3.63) is 63.6 Å². The fourth-order valence-electron chi connectivity index (χ4n) is 3.58. The topological polar surface area (TPSA) is 82.1 Å². The van der Waals surface area contributed by atoms with Crippen LogP contribution in [0, 0.1) is 0 Å². The van der Waals surface area contributed by atoms with Crippen LogP contribution in [0.15, 0.2) is 42.5 Å². The molecule has 2 N–H and O–H groups in total. The fraction of sp³-hybridized carbons (Fsp3) is 0.440. The SMILES string of the molecule is CN(C)CCCOc1ccccc1CN1CC[C@H](NC(=O)c2ccc(Cl)c(Cl)c2)C1.O=C(O)C(F)(F)F. The molecule has 12 heteroatoms. The van der Waals surface area contributed by atoms with Gasteiger partial charge in [0.15, 0.2) is 0 Å². The lowest BCUT2D eigenvalue weighted by molar-refractivity contribution is -0.192. The van der Waals surface area contributed by atoms with E-state index in [1.54, 1.807) is 18.2 Å². The van der Waals surface area contributed by atoms with Crippen molar-refractivity contribution < 1.29 is 32.6 Å². The summed E-state index contributed by atoms with van der Waals surface area (Å²) in [6.45, 7) is 4.26. The van der Waals surface area contributed by atoms with Crippen molar-refractivity contribution in [1.82, 2.24) is 15.1 Å². The molecule has 0 unspecified atom stereocenters. The summed E-state index contributed by atoms with van der Waals surface area (Å²) in [6, 6.07) is 13.3. The number of carboxylic acids is 1. The van der Waals surface area contributed by atoms with Gasteiger partial charge in [-0.25, -0.2) is 4.79 Å². The van der Waals surface area contributed by atoms with E-state index >= 15 is 0 Å². The van der Waals surface area contributed by atoms with Crippen molar-refractivity contribution in [2.75, 3.05) is 40.3 Å². The van der Waals surface area contributed by atoms with E-state index < -0.39 is 12.1 Å². The molecule has 37 heavy (non-hydrogen) atoms. The number of halogens is 5. The molecule has 1 amide bonds. The molecule has 0 radical (unpaired) electrons. The number of nitrogens with zero attached hydrogens (tertiary/aromatic N) is 2. The van der Waals surface area contributed by atoms with Crippen LogP contribution in [-0.2, 0) is 11.3 Å². The van der Waals surface area contributed by atoms with E-state index in [4.69, 9.17) is 37.8 Å². The summed E-state index contributed by atoms with van der Waals surface area (Å²) in [6.07, 6.45) is -3.17. The summed E-state index contributed by atoms with van der Waals surface area (Å²) in [5, 5.41) is 11.1. The van der Waals surface area contributed by atoms with Crippen LogP contribution in [0.1, 0.15) is 28.8 Å². The number of carboxylic acid groups (broad SMARTS) is 1. The number of ether oxygens (including phenoxy) is 1. The zero-order valence-corrected chi connectivity index (χ0v) is 22.0. The lowest BCUT2D eigenvalue weighted by Crippen LogP contribution is -2.37. The molecule has 0 aliphatic carbocycles. The van der Waals surface area contributed by atoms with Crippen LogP contribution in [0.4, 0.5) is 13.2 Å². The molecule has 0 aromatic heterocycles. The van der Waals surface area contributed by atoms with Crippen LogP contribution >= 0.6 is 23.2 Å². The van der Waals surface area contributed by atoms with Crippen molar-refractivity contribution in [1.29, 1.82) is 0 Å². The Hall–Kier alpha value is -2.53. The van der Waals surface area contributed by atoms with Crippen LogP contribution < -0.4 is 10.1 Å². The second-order valence-electron chi connectivity index (χ2n) is 8.74. The summed E-state index contributed by atoms with van der Waals surface area (Å²) in [5.41, 5.74) is 1.71. The highest BCUT2D eigenvalue weighted by molar-refractivity contribution is 6.42. The predicted molar refractivity (Wildman–Crippen MR) is 136 cm³/mol. The van der Waals surface area contributed by atoms with Gasteiger partial charge >= 0.3 is 12.1 Å². The van der Waals surface area contributed by atoms with Gasteiger partial charge in [0, 0.05) is 43.3 Å². The van der Waals surface area contributed by atoms with Gasteiger partial charge in [-0.05, 0) is 51.2 Å². The number of hydrogen-bond acceptors (Lipinski definition) is 5. The smallest absolute Gasteiger partial charge is 0.490 e. The van der Waals surface area contributed by atoms with E-state index in [9.17, 15) is 18.0 Å². The molecule has 1 atom stereocenters. The third-order valence-corrected chi connectivity index (χ3v) is 6.14. The highest BCUT2D eigenvalue weighted by atomic mass is 35.5. The first-order valence-electron chi connectivity index (χ1n) is 11.5. The third-order valence-electron chi connectivity index (χ3n) is 5.41. The summed E-state index contributed by atoms with van der Waals surface area (Å²) in [4.78, 5) is 25.9. The lowest BCUT2D eigenvalue weighted by Gasteiger charge is -2.19. The van der Waals surface area contributed by atoms with Gasteiger partial charge in [0.1, 0.15) is 5.75 Å². The molecule has 1 saturated heterocycles. The van der Waals surface area contributed by atoms with Crippen LogP contribution in [0.25, 0.3) is 0 Å². The number of amides is 1. The Morgan fingerprint density at radius 3 is 2.46 bits per heavy atom. The predicted octanol–water partition coefficient (Wildman–Crippen LogP) is 4.96. The molecule has 204 valence electrons. The average molecular weight is 564 g/mol.